The summed E-state index contributed by atoms with van der Waals surface area (Å²) < 4.78 is 0. The summed E-state index contributed by atoms with van der Waals surface area (Å²) in [5, 5.41) is 10.1. The highest BCUT2D eigenvalue weighted by Gasteiger charge is 2.24. The molecule has 1 unspecified atom stereocenters. The number of nitrogens with zero attached hydrogens (tertiary/aromatic N) is 2. The van der Waals surface area contributed by atoms with Gasteiger partial charge in [-0.15, -0.1) is 0 Å². The van der Waals surface area contributed by atoms with Gasteiger partial charge in [-0.1, -0.05) is 18.2 Å². The maximum absolute atomic E-state index is 10.8. The quantitative estimate of drug-likeness (QED) is 0.927. The van der Waals surface area contributed by atoms with Crippen LogP contribution in [0.25, 0.3) is 10.9 Å². The van der Waals surface area contributed by atoms with Crippen LogP contribution in [0, 0.1) is 5.92 Å². The van der Waals surface area contributed by atoms with E-state index in [0.29, 0.717) is 5.92 Å². The molecular weight excluding hydrogens is 252 g/mol. The average Bonchev–Trinajstić information content (AvgIpc) is 2.86. The van der Waals surface area contributed by atoms with Crippen molar-refractivity contribution in [1.82, 2.24) is 9.88 Å². The average molecular weight is 270 g/mol. The summed E-state index contributed by atoms with van der Waals surface area (Å²) in [5.41, 5.74) is 2.29. The fourth-order valence-electron chi connectivity index (χ4n) is 3.00. The number of carbonyl (C=O) groups is 1. The van der Waals surface area contributed by atoms with E-state index < -0.39 is 5.97 Å². The van der Waals surface area contributed by atoms with Crippen LogP contribution < -0.4 is 0 Å². The van der Waals surface area contributed by atoms with Crippen LogP contribution in [-0.4, -0.2) is 34.0 Å². The molecule has 0 aliphatic carbocycles. The smallest absolute Gasteiger partial charge is 0.303 e. The molecule has 1 N–H and O–H groups in total. The maximum Gasteiger partial charge on any atom is 0.303 e. The molecular formula is C16H18N2O2. The third kappa shape index (κ3) is 2.80. The van der Waals surface area contributed by atoms with Crippen molar-refractivity contribution in [3.05, 3.63) is 42.1 Å². The number of fused-ring (bicyclic) bond motifs is 1. The molecule has 2 heterocycles. The van der Waals surface area contributed by atoms with Gasteiger partial charge in [0.15, 0.2) is 0 Å². The number of pyridine rings is 1. The van der Waals surface area contributed by atoms with E-state index in [-0.39, 0.29) is 6.42 Å². The fraction of sp³-hybridized carbons (Fsp3) is 0.375. The molecule has 104 valence electrons. The zero-order valence-corrected chi connectivity index (χ0v) is 11.3. The Morgan fingerprint density at radius 1 is 1.35 bits per heavy atom. The van der Waals surface area contributed by atoms with Gasteiger partial charge in [-0.25, -0.2) is 0 Å². The Labute approximate surface area is 118 Å². The van der Waals surface area contributed by atoms with E-state index in [0.717, 1.165) is 31.6 Å². The van der Waals surface area contributed by atoms with Crippen LogP contribution in [0.2, 0.25) is 0 Å². The highest BCUT2D eigenvalue weighted by molar-refractivity contribution is 5.81. The first-order valence-corrected chi connectivity index (χ1v) is 6.99. The minimum atomic E-state index is -0.689. The topological polar surface area (TPSA) is 53.4 Å². The molecule has 1 fully saturated rings. The standard InChI is InChI=1S/C16H18N2O2/c19-16(20)9-12-6-8-18(10-12)11-13-5-7-17-15-4-2-1-3-14(13)15/h1-5,7,12H,6,8-11H2,(H,19,20). The summed E-state index contributed by atoms with van der Waals surface area (Å²) in [7, 11) is 0. The second kappa shape index (κ2) is 5.59. The van der Waals surface area contributed by atoms with Crippen LogP contribution in [0.1, 0.15) is 18.4 Å². The fourth-order valence-corrected chi connectivity index (χ4v) is 3.00. The van der Waals surface area contributed by atoms with Gasteiger partial charge >= 0.3 is 5.97 Å². The molecule has 1 aromatic heterocycles. The molecule has 0 bridgehead atoms. The van der Waals surface area contributed by atoms with Crippen LogP contribution in [0.15, 0.2) is 36.5 Å². The van der Waals surface area contributed by atoms with E-state index in [1.165, 1.54) is 10.9 Å². The van der Waals surface area contributed by atoms with Crippen molar-refractivity contribution in [3.8, 4) is 0 Å². The molecule has 1 aromatic carbocycles. The van der Waals surface area contributed by atoms with Crippen LogP contribution >= 0.6 is 0 Å². The minimum Gasteiger partial charge on any atom is -0.481 e. The minimum absolute atomic E-state index is 0.285. The van der Waals surface area contributed by atoms with Gasteiger partial charge in [-0.2, -0.15) is 0 Å². The Morgan fingerprint density at radius 3 is 3.05 bits per heavy atom. The highest BCUT2D eigenvalue weighted by atomic mass is 16.4. The Hall–Kier alpha value is -1.94. The molecule has 3 rings (SSSR count). The number of aromatic nitrogens is 1. The summed E-state index contributed by atoms with van der Waals surface area (Å²) in [6.07, 6.45) is 3.12. The molecule has 0 saturated carbocycles. The maximum atomic E-state index is 10.8. The summed E-state index contributed by atoms with van der Waals surface area (Å²) in [4.78, 5) is 17.5. The van der Waals surface area contributed by atoms with Gasteiger partial charge in [-0.3, -0.25) is 14.7 Å². The predicted octanol–water partition coefficient (Wildman–Crippen LogP) is 2.53. The summed E-state index contributed by atoms with van der Waals surface area (Å²) in [6.45, 7) is 2.73. The van der Waals surface area contributed by atoms with Gasteiger partial charge in [0.25, 0.3) is 0 Å². The van der Waals surface area contributed by atoms with E-state index in [2.05, 4.69) is 22.0 Å². The van der Waals surface area contributed by atoms with Crippen molar-refractivity contribution in [3.63, 3.8) is 0 Å². The third-order valence-electron chi connectivity index (χ3n) is 3.97. The molecule has 0 radical (unpaired) electrons. The Morgan fingerprint density at radius 2 is 2.20 bits per heavy atom. The molecule has 1 aliphatic rings. The number of carboxylic acid groups (broad SMARTS) is 1. The Bertz CT molecular complexity index is 621. The van der Waals surface area contributed by atoms with Crippen molar-refractivity contribution in [2.45, 2.75) is 19.4 Å². The van der Waals surface area contributed by atoms with Gasteiger partial charge in [0.2, 0.25) is 0 Å². The zero-order valence-electron chi connectivity index (χ0n) is 11.3. The number of benzene rings is 1. The van der Waals surface area contributed by atoms with E-state index in [4.69, 9.17) is 5.11 Å². The third-order valence-corrected chi connectivity index (χ3v) is 3.97. The molecule has 1 saturated heterocycles. The molecule has 2 aromatic rings. The monoisotopic (exact) mass is 270 g/mol. The van der Waals surface area contributed by atoms with Crippen LogP contribution in [0.5, 0.6) is 0 Å². The normalized spacial score (nSPS) is 19.5. The predicted molar refractivity (Wildman–Crippen MR) is 77.4 cm³/mol. The van der Waals surface area contributed by atoms with E-state index in [9.17, 15) is 4.79 Å². The number of para-hydroxylation sites is 1. The van der Waals surface area contributed by atoms with Crippen molar-refractivity contribution < 1.29 is 9.90 Å². The van der Waals surface area contributed by atoms with Gasteiger partial charge in [-0.05, 0) is 36.6 Å². The first-order valence-electron chi connectivity index (χ1n) is 6.99. The molecule has 0 spiro atoms. The summed E-state index contributed by atoms with van der Waals surface area (Å²) in [5.74, 6) is -0.396. The summed E-state index contributed by atoms with van der Waals surface area (Å²) >= 11 is 0. The number of hydrogen-bond donors (Lipinski definition) is 1. The number of carboxylic acids is 1. The second-order valence-electron chi connectivity index (χ2n) is 5.47. The van der Waals surface area contributed by atoms with Crippen LogP contribution in [0.4, 0.5) is 0 Å². The Kier molecular flexibility index (Phi) is 3.65. The van der Waals surface area contributed by atoms with Gasteiger partial charge < -0.3 is 5.11 Å². The molecule has 4 heteroatoms. The van der Waals surface area contributed by atoms with Gasteiger partial charge in [0.05, 0.1) is 5.52 Å². The number of aliphatic carboxylic acids is 1. The van der Waals surface area contributed by atoms with E-state index in [1.807, 2.05) is 24.4 Å². The van der Waals surface area contributed by atoms with Crippen LogP contribution in [-0.2, 0) is 11.3 Å². The lowest BCUT2D eigenvalue weighted by molar-refractivity contribution is -0.138. The first-order chi connectivity index (χ1) is 9.72. The second-order valence-corrected chi connectivity index (χ2v) is 5.47. The van der Waals surface area contributed by atoms with E-state index >= 15 is 0 Å². The lowest BCUT2D eigenvalue weighted by Crippen LogP contribution is -2.21. The largest absolute Gasteiger partial charge is 0.481 e. The van der Waals surface area contributed by atoms with Crippen LogP contribution in [0.3, 0.4) is 0 Å². The van der Waals surface area contributed by atoms with E-state index in [1.54, 1.807) is 0 Å². The molecule has 1 atom stereocenters. The van der Waals surface area contributed by atoms with Crippen molar-refractivity contribution in [2.24, 2.45) is 5.92 Å². The van der Waals surface area contributed by atoms with Crippen molar-refractivity contribution in [1.29, 1.82) is 0 Å². The molecule has 4 nitrogen and oxygen atoms in total. The Balaban J connectivity index is 1.73. The lowest BCUT2D eigenvalue weighted by Gasteiger charge is -2.16. The van der Waals surface area contributed by atoms with Crippen molar-refractivity contribution >= 4 is 16.9 Å². The molecule has 1 aliphatic heterocycles. The van der Waals surface area contributed by atoms with Crippen molar-refractivity contribution in [2.75, 3.05) is 13.1 Å². The zero-order chi connectivity index (χ0) is 13.9. The lowest BCUT2D eigenvalue weighted by atomic mass is 10.1. The molecule has 20 heavy (non-hydrogen) atoms. The number of rotatable bonds is 4. The molecule has 0 amide bonds. The number of hydrogen-bond acceptors (Lipinski definition) is 3. The van der Waals surface area contributed by atoms with Gasteiger partial charge in [0.1, 0.15) is 0 Å². The van der Waals surface area contributed by atoms with Gasteiger partial charge in [0, 0.05) is 31.1 Å². The number of likely N-dealkylation sites (tertiary alicyclic amines) is 1. The summed E-state index contributed by atoms with van der Waals surface area (Å²) in [6, 6.07) is 10.2. The first kappa shape index (κ1) is 13.1. The highest BCUT2D eigenvalue weighted by Crippen LogP contribution is 2.24. The SMILES string of the molecule is O=C(O)CC1CCN(Cc2ccnc3ccccc23)C1.